The van der Waals surface area contributed by atoms with E-state index in [4.69, 9.17) is 14.5 Å². The summed E-state index contributed by atoms with van der Waals surface area (Å²) in [4.78, 5) is 11.6. The Kier molecular flexibility index (Phi) is 4.94. The van der Waals surface area contributed by atoms with E-state index >= 15 is 0 Å². The molecule has 7 heteroatoms. The number of hydrogen-bond donors (Lipinski definition) is 1. The summed E-state index contributed by atoms with van der Waals surface area (Å²) in [5.41, 5.74) is 4.69. The maximum atomic E-state index is 5.71. The molecule has 0 aliphatic carbocycles. The molecule has 2 aromatic carbocycles. The standard InChI is InChI=1S/C23H23N5O2/c1-29-21-15-17(7-8-20(21)27-11-13-30-14-12-27)19-16-22-24-9-10-28(22)23(26-19)25-18-5-3-2-4-6-18/h2-10,15-16H,11-14H2,1H3,(H,25,26). The van der Waals surface area contributed by atoms with Gasteiger partial charge in [0.25, 0.3) is 0 Å². The van der Waals surface area contributed by atoms with Gasteiger partial charge in [-0.05, 0) is 24.3 Å². The second-order valence-corrected chi connectivity index (χ2v) is 7.10. The van der Waals surface area contributed by atoms with E-state index < -0.39 is 0 Å². The van der Waals surface area contributed by atoms with Crippen molar-refractivity contribution in [3.63, 3.8) is 0 Å². The summed E-state index contributed by atoms with van der Waals surface area (Å²) < 4.78 is 13.1. The summed E-state index contributed by atoms with van der Waals surface area (Å²) in [6, 6.07) is 18.2. The third-order valence-corrected chi connectivity index (χ3v) is 5.25. The molecule has 1 aliphatic rings. The van der Waals surface area contributed by atoms with Gasteiger partial charge < -0.3 is 19.7 Å². The zero-order valence-electron chi connectivity index (χ0n) is 16.8. The largest absolute Gasteiger partial charge is 0.495 e. The normalized spacial score (nSPS) is 14.1. The molecule has 1 N–H and O–H groups in total. The molecule has 0 saturated carbocycles. The maximum absolute atomic E-state index is 5.71. The first-order valence-electron chi connectivity index (χ1n) is 9.99. The number of imidazole rings is 1. The van der Waals surface area contributed by atoms with Crippen molar-refractivity contribution in [1.82, 2.24) is 14.4 Å². The minimum atomic E-state index is 0.711. The first kappa shape index (κ1) is 18.4. The van der Waals surface area contributed by atoms with Gasteiger partial charge in [-0.15, -0.1) is 0 Å². The Labute approximate surface area is 174 Å². The van der Waals surface area contributed by atoms with Crippen LogP contribution in [0.1, 0.15) is 0 Å². The van der Waals surface area contributed by atoms with Crippen LogP contribution in [0.5, 0.6) is 5.75 Å². The molecule has 2 aromatic heterocycles. The number of benzene rings is 2. The van der Waals surface area contributed by atoms with Gasteiger partial charge in [-0.2, -0.15) is 0 Å². The molecule has 152 valence electrons. The fraction of sp³-hybridized carbons (Fsp3) is 0.217. The lowest BCUT2D eigenvalue weighted by atomic mass is 10.1. The quantitative estimate of drug-likeness (QED) is 0.546. The third kappa shape index (κ3) is 3.55. The molecule has 1 saturated heterocycles. The third-order valence-electron chi connectivity index (χ3n) is 5.25. The molecule has 1 fully saturated rings. The predicted octanol–water partition coefficient (Wildman–Crippen LogP) is 3.99. The van der Waals surface area contributed by atoms with Crippen LogP contribution in [-0.2, 0) is 4.74 Å². The van der Waals surface area contributed by atoms with E-state index in [2.05, 4.69) is 27.3 Å². The molecule has 5 rings (SSSR count). The fourth-order valence-electron chi connectivity index (χ4n) is 3.71. The van der Waals surface area contributed by atoms with E-state index in [0.29, 0.717) is 5.95 Å². The van der Waals surface area contributed by atoms with Crippen molar-refractivity contribution in [1.29, 1.82) is 0 Å². The molecule has 30 heavy (non-hydrogen) atoms. The van der Waals surface area contributed by atoms with E-state index in [1.54, 1.807) is 13.3 Å². The van der Waals surface area contributed by atoms with Crippen molar-refractivity contribution in [2.75, 3.05) is 43.6 Å². The molecule has 0 unspecified atom stereocenters. The Morgan fingerprint density at radius 3 is 2.67 bits per heavy atom. The highest BCUT2D eigenvalue weighted by Crippen LogP contribution is 2.34. The minimum absolute atomic E-state index is 0.711. The van der Waals surface area contributed by atoms with Crippen molar-refractivity contribution in [2.24, 2.45) is 0 Å². The van der Waals surface area contributed by atoms with Crippen LogP contribution < -0.4 is 15.0 Å². The van der Waals surface area contributed by atoms with Gasteiger partial charge in [-0.3, -0.25) is 4.40 Å². The molecule has 7 nitrogen and oxygen atoms in total. The number of anilines is 3. The molecule has 3 heterocycles. The van der Waals surface area contributed by atoms with Crippen LogP contribution in [0.2, 0.25) is 0 Å². The summed E-state index contributed by atoms with van der Waals surface area (Å²) in [7, 11) is 1.71. The first-order valence-corrected chi connectivity index (χ1v) is 9.99. The Morgan fingerprint density at radius 2 is 1.87 bits per heavy atom. The smallest absolute Gasteiger partial charge is 0.213 e. The SMILES string of the molecule is COc1cc(-c2cc3nccn3c(Nc3ccccc3)n2)ccc1N1CCOCC1. The molecular weight excluding hydrogens is 378 g/mol. The lowest BCUT2D eigenvalue weighted by molar-refractivity contribution is 0.122. The number of ether oxygens (including phenoxy) is 2. The highest BCUT2D eigenvalue weighted by atomic mass is 16.5. The van der Waals surface area contributed by atoms with Crippen LogP contribution in [0.15, 0.2) is 67.0 Å². The second-order valence-electron chi connectivity index (χ2n) is 7.10. The zero-order chi connectivity index (χ0) is 20.3. The molecule has 0 atom stereocenters. The first-order chi connectivity index (χ1) is 14.8. The summed E-state index contributed by atoms with van der Waals surface area (Å²) in [5.74, 6) is 1.54. The number of nitrogens with zero attached hydrogens (tertiary/aromatic N) is 4. The highest BCUT2D eigenvalue weighted by molar-refractivity contribution is 5.73. The van der Waals surface area contributed by atoms with Crippen molar-refractivity contribution in [2.45, 2.75) is 0 Å². The lowest BCUT2D eigenvalue weighted by Crippen LogP contribution is -2.36. The maximum Gasteiger partial charge on any atom is 0.213 e. The summed E-state index contributed by atoms with van der Waals surface area (Å²) in [5, 5.41) is 3.39. The van der Waals surface area contributed by atoms with Gasteiger partial charge >= 0.3 is 0 Å². The number of morpholine rings is 1. The molecule has 0 bridgehead atoms. The summed E-state index contributed by atoms with van der Waals surface area (Å²) in [6.45, 7) is 3.19. The van der Waals surface area contributed by atoms with Crippen molar-refractivity contribution in [3.05, 3.63) is 67.0 Å². The Morgan fingerprint density at radius 1 is 1.03 bits per heavy atom. The molecule has 1 aliphatic heterocycles. The van der Waals surface area contributed by atoms with Crippen LogP contribution in [0, 0.1) is 0 Å². The van der Waals surface area contributed by atoms with E-state index in [9.17, 15) is 0 Å². The number of para-hydroxylation sites is 1. The number of rotatable bonds is 5. The van der Waals surface area contributed by atoms with Crippen molar-refractivity contribution in [3.8, 4) is 17.0 Å². The average molecular weight is 401 g/mol. The summed E-state index contributed by atoms with van der Waals surface area (Å²) in [6.07, 6.45) is 3.68. The van der Waals surface area contributed by atoms with Crippen molar-refractivity contribution >= 4 is 23.0 Å². The van der Waals surface area contributed by atoms with Gasteiger partial charge in [-0.1, -0.05) is 24.3 Å². The van der Waals surface area contributed by atoms with Crippen LogP contribution in [-0.4, -0.2) is 47.8 Å². The fourth-order valence-corrected chi connectivity index (χ4v) is 3.71. The zero-order valence-corrected chi connectivity index (χ0v) is 16.8. The predicted molar refractivity (Wildman–Crippen MR) is 118 cm³/mol. The molecule has 0 radical (unpaired) electrons. The Balaban J connectivity index is 1.54. The lowest BCUT2D eigenvalue weighted by Gasteiger charge is -2.30. The van der Waals surface area contributed by atoms with Crippen LogP contribution in [0.25, 0.3) is 16.9 Å². The molecule has 4 aromatic rings. The van der Waals surface area contributed by atoms with E-state index in [0.717, 1.165) is 60.3 Å². The van der Waals surface area contributed by atoms with E-state index in [1.807, 2.05) is 53.1 Å². The monoisotopic (exact) mass is 401 g/mol. The number of nitrogens with one attached hydrogen (secondary N) is 1. The van der Waals surface area contributed by atoms with Crippen LogP contribution in [0.3, 0.4) is 0 Å². The van der Waals surface area contributed by atoms with Gasteiger partial charge in [0.2, 0.25) is 5.95 Å². The van der Waals surface area contributed by atoms with Gasteiger partial charge in [0.15, 0.2) is 0 Å². The number of aromatic nitrogens is 3. The van der Waals surface area contributed by atoms with E-state index in [1.165, 1.54) is 0 Å². The average Bonchev–Trinajstić information content (AvgIpc) is 3.29. The van der Waals surface area contributed by atoms with Gasteiger partial charge in [0, 0.05) is 42.8 Å². The number of fused-ring (bicyclic) bond motifs is 1. The second kappa shape index (κ2) is 8.04. The van der Waals surface area contributed by atoms with Gasteiger partial charge in [0.1, 0.15) is 11.4 Å². The van der Waals surface area contributed by atoms with Crippen LogP contribution in [0.4, 0.5) is 17.3 Å². The number of hydrogen-bond acceptors (Lipinski definition) is 6. The molecule has 0 spiro atoms. The van der Waals surface area contributed by atoms with Crippen LogP contribution >= 0.6 is 0 Å². The molecular formula is C23H23N5O2. The number of methoxy groups -OCH3 is 1. The minimum Gasteiger partial charge on any atom is -0.495 e. The van der Waals surface area contributed by atoms with E-state index in [-0.39, 0.29) is 0 Å². The molecule has 0 amide bonds. The van der Waals surface area contributed by atoms with Gasteiger partial charge in [-0.25, -0.2) is 9.97 Å². The van der Waals surface area contributed by atoms with Gasteiger partial charge in [0.05, 0.1) is 31.7 Å². The highest BCUT2D eigenvalue weighted by Gasteiger charge is 2.17. The Bertz CT molecular complexity index is 1150. The summed E-state index contributed by atoms with van der Waals surface area (Å²) >= 11 is 0. The van der Waals surface area contributed by atoms with Crippen molar-refractivity contribution < 1.29 is 9.47 Å². The Hall–Kier alpha value is -3.58. The topological polar surface area (TPSA) is 63.9 Å².